The topological polar surface area (TPSA) is 3.24 Å². The van der Waals surface area contributed by atoms with Crippen LogP contribution >= 0.6 is 27.6 Å². The number of para-hydroxylation sites is 1. The van der Waals surface area contributed by atoms with E-state index in [-0.39, 0.29) is 5.56 Å². The molecular formula is C18H23INP. The normalized spacial score (nSPS) is 12.2. The molecule has 0 aromatic heterocycles. The van der Waals surface area contributed by atoms with Crippen molar-refractivity contribution in [2.45, 2.75) is 19.8 Å². The van der Waals surface area contributed by atoms with Crippen molar-refractivity contribution in [2.75, 3.05) is 25.2 Å². The largest absolute Gasteiger partial charge is 0.377 e. The van der Waals surface area contributed by atoms with Gasteiger partial charge in [-0.05, 0) is 57.1 Å². The number of hydrogen-bond acceptors (Lipinski definition) is 1. The zero-order valence-electron chi connectivity index (χ0n) is 13.0. The molecule has 0 amide bonds. The summed E-state index contributed by atoms with van der Waals surface area (Å²) in [6.07, 6.45) is 3.91. The van der Waals surface area contributed by atoms with Crippen LogP contribution in [0, 0.1) is 0 Å². The van der Waals surface area contributed by atoms with Crippen LogP contribution in [0.3, 0.4) is 0 Å². The predicted octanol–water partition coefficient (Wildman–Crippen LogP) is 5.68. The van der Waals surface area contributed by atoms with Gasteiger partial charge in [0.2, 0.25) is 0 Å². The number of nitrogens with zero attached hydrogens (tertiary/aromatic N) is 1. The van der Waals surface area contributed by atoms with Gasteiger partial charge in [0.25, 0.3) is 0 Å². The molecule has 21 heavy (non-hydrogen) atoms. The molecule has 0 spiro atoms. The van der Waals surface area contributed by atoms with Gasteiger partial charge in [0.15, 0.2) is 0 Å². The molecule has 2 aromatic rings. The summed E-state index contributed by atoms with van der Waals surface area (Å²) in [5.41, 5.74) is 3.93. The van der Waals surface area contributed by atoms with Gasteiger partial charge in [-0.2, -0.15) is 0 Å². The van der Waals surface area contributed by atoms with Gasteiger partial charge in [-0.1, -0.05) is 55.8 Å². The highest BCUT2D eigenvalue weighted by Gasteiger charge is 2.15. The van der Waals surface area contributed by atoms with E-state index in [1.165, 1.54) is 41.1 Å². The molecule has 0 fully saturated rings. The Morgan fingerprint density at radius 2 is 1.57 bits per heavy atom. The van der Waals surface area contributed by atoms with Gasteiger partial charge < -0.3 is 4.90 Å². The Bertz CT molecular complexity index is 583. The lowest BCUT2D eigenvalue weighted by Gasteiger charge is -2.21. The second-order valence-corrected chi connectivity index (χ2v) is 10.5. The molecule has 1 unspecified atom stereocenters. The Balaban J connectivity index is 2.45. The molecule has 0 aliphatic rings. The summed E-state index contributed by atoms with van der Waals surface area (Å²) < 4.78 is 0. The maximum absolute atomic E-state index is 2.66. The van der Waals surface area contributed by atoms with E-state index in [1.807, 2.05) is 0 Å². The fourth-order valence-electron chi connectivity index (χ4n) is 2.42. The summed E-state index contributed by atoms with van der Waals surface area (Å²) in [5.74, 6) is 0. The molecule has 0 saturated carbocycles. The number of halogens is 1. The van der Waals surface area contributed by atoms with Crippen LogP contribution in [0.5, 0.6) is 0 Å². The van der Waals surface area contributed by atoms with Crippen LogP contribution in [-0.2, 0) is 0 Å². The highest BCUT2D eigenvalue weighted by molar-refractivity contribution is 14.2. The average molecular weight is 411 g/mol. The number of rotatable bonds is 6. The van der Waals surface area contributed by atoms with Crippen molar-refractivity contribution in [1.82, 2.24) is 0 Å². The Hall–Kier alpha value is -0.600. The van der Waals surface area contributed by atoms with Crippen molar-refractivity contribution >= 4 is 38.6 Å². The Labute approximate surface area is 143 Å². The van der Waals surface area contributed by atoms with Crippen molar-refractivity contribution in [3.63, 3.8) is 0 Å². The van der Waals surface area contributed by atoms with Gasteiger partial charge in [0.1, 0.15) is 0 Å². The highest BCUT2D eigenvalue weighted by atomic mass is 127. The van der Waals surface area contributed by atoms with Gasteiger partial charge in [-0.25, -0.2) is 0 Å². The quantitative estimate of drug-likeness (QED) is 0.437. The molecule has 1 nitrogen and oxygen atoms in total. The zero-order valence-corrected chi connectivity index (χ0v) is 16.1. The van der Waals surface area contributed by atoms with Crippen LogP contribution in [0.25, 0.3) is 11.1 Å². The maximum atomic E-state index is 2.66. The molecule has 3 heteroatoms. The smallest absolute Gasteiger partial charge is 0.0440 e. The molecule has 0 aliphatic carbocycles. The number of benzene rings is 2. The van der Waals surface area contributed by atoms with Crippen LogP contribution in [0.2, 0.25) is 0 Å². The standard InChI is InChI=1S/C18H23INP/c1-4-5-14-21(19)18-13-9-7-11-16(18)15-10-6-8-12-17(15)20(2)3/h6-13H,4-5,14H2,1-3H3. The van der Waals surface area contributed by atoms with E-state index in [4.69, 9.17) is 0 Å². The number of anilines is 1. The van der Waals surface area contributed by atoms with Gasteiger partial charge >= 0.3 is 0 Å². The second-order valence-electron chi connectivity index (χ2n) is 5.37. The fourth-order valence-corrected chi connectivity index (χ4v) is 6.25. The zero-order chi connectivity index (χ0) is 15.2. The molecule has 2 rings (SSSR count). The Morgan fingerprint density at radius 3 is 2.24 bits per heavy atom. The van der Waals surface area contributed by atoms with E-state index < -0.39 is 0 Å². The highest BCUT2D eigenvalue weighted by Crippen LogP contribution is 2.47. The summed E-state index contributed by atoms with van der Waals surface area (Å²) in [6.45, 7) is 2.27. The second kappa shape index (κ2) is 8.14. The van der Waals surface area contributed by atoms with Gasteiger partial charge in [-0.3, -0.25) is 0 Å². The molecular weight excluding hydrogens is 388 g/mol. The lowest BCUT2D eigenvalue weighted by Crippen LogP contribution is -2.12. The van der Waals surface area contributed by atoms with Gasteiger partial charge in [0, 0.05) is 25.3 Å². The monoisotopic (exact) mass is 411 g/mol. The SMILES string of the molecule is CCCCP(I)c1ccccc1-c1ccccc1N(C)C. The van der Waals surface area contributed by atoms with E-state index in [0.717, 1.165) is 0 Å². The molecule has 0 saturated heterocycles. The van der Waals surface area contributed by atoms with Crippen LogP contribution in [0.1, 0.15) is 19.8 Å². The lowest BCUT2D eigenvalue weighted by molar-refractivity contribution is 0.895. The molecule has 0 aliphatic heterocycles. The minimum atomic E-state index is -0.106. The van der Waals surface area contributed by atoms with E-state index in [0.29, 0.717) is 0 Å². The molecule has 0 heterocycles. The van der Waals surface area contributed by atoms with E-state index in [2.05, 4.69) is 96.5 Å². The first kappa shape index (κ1) is 16.8. The van der Waals surface area contributed by atoms with E-state index >= 15 is 0 Å². The van der Waals surface area contributed by atoms with Crippen molar-refractivity contribution < 1.29 is 0 Å². The third kappa shape index (κ3) is 4.20. The molecule has 0 N–H and O–H groups in total. The third-order valence-corrected chi connectivity index (χ3v) is 8.18. The van der Waals surface area contributed by atoms with E-state index in [1.54, 1.807) is 0 Å². The summed E-state index contributed by atoms with van der Waals surface area (Å²) in [7, 11) is 4.23. The minimum absolute atomic E-state index is 0.106. The van der Waals surface area contributed by atoms with Crippen LogP contribution in [-0.4, -0.2) is 20.3 Å². The van der Waals surface area contributed by atoms with Crippen molar-refractivity contribution in [2.24, 2.45) is 0 Å². The third-order valence-electron chi connectivity index (χ3n) is 3.55. The lowest BCUT2D eigenvalue weighted by atomic mass is 10.0. The average Bonchev–Trinajstić information content (AvgIpc) is 2.52. The predicted molar refractivity (Wildman–Crippen MR) is 107 cm³/mol. The van der Waals surface area contributed by atoms with Crippen molar-refractivity contribution in [3.8, 4) is 11.1 Å². The van der Waals surface area contributed by atoms with E-state index in [9.17, 15) is 0 Å². The fraction of sp³-hybridized carbons (Fsp3) is 0.333. The first-order valence-electron chi connectivity index (χ1n) is 7.44. The van der Waals surface area contributed by atoms with Gasteiger partial charge in [-0.15, -0.1) is 0 Å². The Morgan fingerprint density at radius 1 is 0.952 bits per heavy atom. The van der Waals surface area contributed by atoms with Crippen LogP contribution < -0.4 is 10.2 Å². The first-order chi connectivity index (χ1) is 10.1. The van der Waals surface area contributed by atoms with Crippen LogP contribution in [0.4, 0.5) is 5.69 Å². The summed E-state index contributed by atoms with van der Waals surface area (Å²) in [4.78, 5) is 2.20. The minimum Gasteiger partial charge on any atom is -0.377 e. The van der Waals surface area contributed by atoms with Crippen molar-refractivity contribution in [3.05, 3.63) is 48.5 Å². The molecule has 1 atom stereocenters. The summed E-state index contributed by atoms with van der Waals surface area (Å²) in [6, 6.07) is 17.6. The number of unbranched alkanes of at least 4 members (excludes halogenated alkanes) is 1. The van der Waals surface area contributed by atoms with Crippen molar-refractivity contribution in [1.29, 1.82) is 0 Å². The molecule has 0 bridgehead atoms. The molecule has 0 radical (unpaired) electrons. The van der Waals surface area contributed by atoms with Gasteiger partial charge in [0.05, 0.1) is 0 Å². The van der Waals surface area contributed by atoms with Crippen LogP contribution in [0.15, 0.2) is 48.5 Å². The molecule has 112 valence electrons. The first-order valence-corrected chi connectivity index (χ1v) is 11.8. The number of hydrogen-bond donors (Lipinski definition) is 0. The maximum Gasteiger partial charge on any atom is 0.0440 e. The Kier molecular flexibility index (Phi) is 6.50. The molecule has 2 aromatic carbocycles. The summed E-state index contributed by atoms with van der Waals surface area (Å²) >= 11 is 2.66. The summed E-state index contributed by atoms with van der Waals surface area (Å²) in [5, 5.41) is 1.52.